The molecule has 1 aliphatic carbocycles. The molecule has 3 heterocycles. The Morgan fingerprint density at radius 3 is 2.60 bits per heavy atom. The summed E-state index contributed by atoms with van der Waals surface area (Å²) < 4.78 is 30.5. The van der Waals surface area contributed by atoms with E-state index in [9.17, 15) is 13.2 Å². The molecule has 138 valence electrons. The van der Waals surface area contributed by atoms with Gasteiger partial charge in [0.15, 0.2) is 0 Å². The van der Waals surface area contributed by atoms with Crippen LogP contribution in [-0.4, -0.2) is 52.5 Å². The summed E-state index contributed by atoms with van der Waals surface area (Å²) in [6.07, 6.45) is 7.57. The third kappa shape index (κ3) is 3.27. The highest BCUT2D eigenvalue weighted by atomic mass is 32.2. The van der Waals surface area contributed by atoms with Gasteiger partial charge < -0.3 is 0 Å². The van der Waals surface area contributed by atoms with Crippen molar-refractivity contribution >= 4 is 10.2 Å². The second kappa shape index (κ2) is 6.81. The van der Waals surface area contributed by atoms with Crippen LogP contribution in [-0.2, 0) is 29.6 Å². The summed E-state index contributed by atoms with van der Waals surface area (Å²) in [4.78, 5) is 12.4. The zero-order chi connectivity index (χ0) is 17.4. The smallest absolute Gasteiger partial charge is 0.268 e. The SMILES string of the molecule is O=c1cc2c(nn1CC1CCCN1S(=O)(=O)N1CCCC1)CCCC2. The highest BCUT2D eigenvalue weighted by molar-refractivity contribution is 7.86. The summed E-state index contributed by atoms with van der Waals surface area (Å²) in [7, 11) is -3.41. The molecule has 1 aromatic rings. The molecule has 0 amide bonds. The lowest BCUT2D eigenvalue weighted by molar-refractivity contribution is 0.307. The van der Waals surface area contributed by atoms with Gasteiger partial charge in [0.1, 0.15) is 0 Å². The molecule has 2 aliphatic heterocycles. The lowest BCUT2D eigenvalue weighted by atomic mass is 9.97. The molecule has 0 N–H and O–H groups in total. The highest BCUT2D eigenvalue weighted by Gasteiger charge is 2.39. The molecule has 1 atom stereocenters. The molecule has 2 fully saturated rings. The molecule has 7 nitrogen and oxygen atoms in total. The molecule has 1 unspecified atom stereocenters. The molecule has 8 heteroatoms. The van der Waals surface area contributed by atoms with Crippen molar-refractivity contribution in [2.75, 3.05) is 19.6 Å². The number of fused-ring (bicyclic) bond motifs is 1. The van der Waals surface area contributed by atoms with Crippen molar-refractivity contribution in [1.29, 1.82) is 0 Å². The van der Waals surface area contributed by atoms with Gasteiger partial charge in [-0.15, -0.1) is 0 Å². The zero-order valence-corrected chi connectivity index (χ0v) is 15.4. The lowest BCUT2D eigenvalue weighted by Gasteiger charge is -2.28. The van der Waals surface area contributed by atoms with E-state index in [1.807, 2.05) is 0 Å². The first-order valence-electron chi connectivity index (χ1n) is 9.42. The third-order valence-corrected chi connectivity index (χ3v) is 7.76. The van der Waals surface area contributed by atoms with Crippen molar-refractivity contribution < 1.29 is 8.42 Å². The lowest BCUT2D eigenvalue weighted by Crippen LogP contribution is -2.47. The zero-order valence-electron chi connectivity index (χ0n) is 14.6. The van der Waals surface area contributed by atoms with E-state index in [1.165, 1.54) is 4.68 Å². The van der Waals surface area contributed by atoms with E-state index >= 15 is 0 Å². The van der Waals surface area contributed by atoms with Gasteiger partial charge in [0.05, 0.1) is 12.2 Å². The van der Waals surface area contributed by atoms with E-state index < -0.39 is 10.2 Å². The van der Waals surface area contributed by atoms with Crippen LogP contribution >= 0.6 is 0 Å². The van der Waals surface area contributed by atoms with E-state index in [-0.39, 0.29) is 11.6 Å². The van der Waals surface area contributed by atoms with Gasteiger partial charge in [0.25, 0.3) is 15.8 Å². The molecule has 25 heavy (non-hydrogen) atoms. The first-order valence-corrected chi connectivity index (χ1v) is 10.8. The van der Waals surface area contributed by atoms with E-state index in [1.54, 1.807) is 14.7 Å². The maximum Gasteiger partial charge on any atom is 0.282 e. The van der Waals surface area contributed by atoms with Crippen LogP contribution in [0.4, 0.5) is 0 Å². The second-order valence-corrected chi connectivity index (χ2v) is 9.25. The molecular weight excluding hydrogens is 340 g/mol. The Morgan fingerprint density at radius 2 is 1.80 bits per heavy atom. The fourth-order valence-corrected chi connectivity index (χ4v) is 6.22. The summed E-state index contributed by atoms with van der Waals surface area (Å²) in [5, 5.41) is 4.56. The minimum Gasteiger partial charge on any atom is -0.268 e. The van der Waals surface area contributed by atoms with Crippen LogP contribution in [0.15, 0.2) is 10.9 Å². The van der Waals surface area contributed by atoms with Gasteiger partial charge in [0, 0.05) is 31.7 Å². The molecule has 0 radical (unpaired) electrons. The average Bonchev–Trinajstić information content (AvgIpc) is 3.27. The summed E-state index contributed by atoms with van der Waals surface area (Å²) >= 11 is 0. The van der Waals surface area contributed by atoms with Crippen LogP contribution in [0.3, 0.4) is 0 Å². The standard InChI is InChI=1S/C17H26N4O3S/c22-17-12-14-6-1-2-8-16(14)18-20(17)13-15-7-5-11-21(15)25(23,24)19-9-3-4-10-19/h12,15H,1-11,13H2. The minimum absolute atomic E-state index is 0.105. The minimum atomic E-state index is -3.41. The summed E-state index contributed by atoms with van der Waals surface area (Å²) in [6, 6.07) is 1.54. The Kier molecular flexibility index (Phi) is 4.68. The van der Waals surface area contributed by atoms with Crippen molar-refractivity contribution in [3.8, 4) is 0 Å². The normalized spacial score (nSPS) is 25.4. The van der Waals surface area contributed by atoms with Crippen molar-refractivity contribution in [3.63, 3.8) is 0 Å². The van der Waals surface area contributed by atoms with Gasteiger partial charge in [0.2, 0.25) is 0 Å². The largest absolute Gasteiger partial charge is 0.282 e. The number of rotatable bonds is 4. The monoisotopic (exact) mass is 366 g/mol. The molecule has 1 aromatic heterocycles. The van der Waals surface area contributed by atoms with Gasteiger partial charge in [-0.2, -0.15) is 22.1 Å². The highest BCUT2D eigenvalue weighted by Crippen LogP contribution is 2.26. The van der Waals surface area contributed by atoms with Gasteiger partial charge in [-0.05, 0) is 56.9 Å². The summed E-state index contributed by atoms with van der Waals surface area (Å²) in [5.41, 5.74) is 1.98. The van der Waals surface area contributed by atoms with E-state index in [0.29, 0.717) is 26.2 Å². The summed E-state index contributed by atoms with van der Waals surface area (Å²) in [6.45, 7) is 2.13. The third-order valence-electron chi connectivity index (χ3n) is 5.67. The summed E-state index contributed by atoms with van der Waals surface area (Å²) in [5.74, 6) is 0. The molecule has 4 rings (SSSR count). The van der Waals surface area contributed by atoms with Crippen molar-refractivity contribution in [3.05, 3.63) is 27.7 Å². The van der Waals surface area contributed by atoms with Crippen molar-refractivity contribution in [1.82, 2.24) is 18.4 Å². The van der Waals surface area contributed by atoms with Crippen LogP contribution < -0.4 is 5.56 Å². The second-order valence-electron chi connectivity index (χ2n) is 7.36. The van der Waals surface area contributed by atoms with Gasteiger partial charge in [-0.3, -0.25) is 4.79 Å². The first-order chi connectivity index (χ1) is 12.1. The number of aromatic nitrogens is 2. The van der Waals surface area contributed by atoms with Crippen LogP contribution in [0, 0.1) is 0 Å². The molecule has 2 saturated heterocycles. The van der Waals surface area contributed by atoms with E-state index in [2.05, 4.69) is 5.10 Å². The predicted molar refractivity (Wildman–Crippen MR) is 94.6 cm³/mol. The number of hydrogen-bond donors (Lipinski definition) is 0. The maximum absolute atomic E-state index is 12.9. The van der Waals surface area contributed by atoms with E-state index in [4.69, 9.17) is 0 Å². The van der Waals surface area contributed by atoms with Crippen LogP contribution in [0.1, 0.15) is 49.8 Å². The topological polar surface area (TPSA) is 75.5 Å². The Balaban J connectivity index is 1.56. The molecular formula is C17H26N4O3S. The molecule has 0 aromatic carbocycles. The van der Waals surface area contributed by atoms with Crippen molar-refractivity contribution in [2.45, 2.75) is 64.0 Å². The number of hydrogen-bond acceptors (Lipinski definition) is 4. The number of nitrogens with zero attached hydrogens (tertiary/aromatic N) is 4. The van der Waals surface area contributed by atoms with Gasteiger partial charge in [-0.25, -0.2) is 4.68 Å². The Labute approximate surface area is 148 Å². The van der Waals surface area contributed by atoms with Crippen molar-refractivity contribution in [2.24, 2.45) is 0 Å². The van der Waals surface area contributed by atoms with Gasteiger partial charge >= 0.3 is 0 Å². The molecule has 0 saturated carbocycles. The maximum atomic E-state index is 12.9. The van der Waals surface area contributed by atoms with Gasteiger partial charge in [-0.1, -0.05) is 0 Å². The Morgan fingerprint density at radius 1 is 1.04 bits per heavy atom. The quantitative estimate of drug-likeness (QED) is 0.794. The fourth-order valence-electron chi connectivity index (χ4n) is 4.29. The Hall–Kier alpha value is -1.25. The average molecular weight is 366 g/mol. The van der Waals surface area contributed by atoms with E-state index in [0.717, 1.165) is 62.6 Å². The number of aryl methyl sites for hydroxylation is 2. The molecule has 0 spiro atoms. The van der Waals surface area contributed by atoms with Crippen LogP contribution in [0.5, 0.6) is 0 Å². The molecule has 0 bridgehead atoms. The molecule has 3 aliphatic rings. The Bertz CT molecular complexity index is 799. The predicted octanol–water partition coefficient (Wildman–Crippen LogP) is 0.927. The fraction of sp³-hybridized carbons (Fsp3) is 0.765. The first kappa shape index (κ1) is 17.2. The van der Waals surface area contributed by atoms with Crippen LogP contribution in [0.25, 0.3) is 0 Å². The van der Waals surface area contributed by atoms with Crippen LogP contribution in [0.2, 0.25) is 0 Å².